The summed E-state index contributed by atoms with van der Waals surface area (Å²) in [5.74, 6) is -0.621. The van der Waals surface area contributed by atoms with Crippen molar-refractivity contribution in [3.8, 4) is 0 Å². The number of ether oxygens (including phenoxy) is 1. The molecule has 1 aromatic rings. The number of nitrogens with one attached hydrogen (secondary N) is 2. The van der Waals surface area contributed by atoms with Gasteiger partial charge in [-0.15, -0.1) is 5.10 Å². The van der Waals surface area contributed by atoms with Crippen molar-refractivity contribution in [2.75, 3.05) is 20.2 Å². The van der Waals surface area contributed by atoms with Gasteiger partial charge in [-0.05, 0) is 45.7 Å². The fourth-order valence-electron chi connectivity index (χ4n) is 3.32. The summed E-state index contributed by atoms with van der Waals surface area (Å²) in [6.07, 6.45) is 3.35. The van der Waals surface area contributed by atoms with Crippen LogP contribution in [0.2, 0.25) is 0 Å². The summed E-state index contributed by atoms with van der Waals surface area (Å²) in [5, 5.41) is 14.6. The Morgan fingerprint density at radius 1 is 1.32 bits per heavy atom. The topological polar surface area (TPSA) is 98.1 Å². The zero-order valence-electron chi connectivity index (χ0n) is 15.6. The molecule has 0 aliphatic carbocycles. The van der Waals surface area contributed by atoms with Crippen molar-refractivity contribution in [2.24, 2.45) is 0 Å². The van der Waals surface area contributed by atoms with Crippen LogP contribution >= 0.6 is 0 Å². The summed E-state index contributed by atoms with van der Waals surface area (Å²) >= 11 is 0. The van der Waals surface area contributed by atoms with Gasteiger partial charge in [-0.2, -0.15) is 0 Å². The first-order chi connectivity index (χ1) is 12.0. The maximum atomic E-state index is 12.8. The summed E-state index contributed by atoms with van der Waals surface area (Å²) in [6.45, 7) is 7.66. The van der Waals surface area contributed by atoms with E-state index in [4.69, 9.17) is 4.74 Å². The van der Waals surface area contributed by atoms with Gasteiger partial charge in [-0.3, -0.25) is 9.59 Å². The van der Waals surface area contributed by atoms with Crippen molar-refractivity contribution in [1.29, 1.82) is 0 Å². The highest BCUT2D eigenvalue weighted by atomic mass is 16.5. The fourth-order valence-corrected chi connectivity index (χ4v) is 3.32. The van der Waals surface area contributed by atoms with Crippen LogP contribution in [-0.4, -0.2) is 52.6 Å². The van der Waals surface area contributed by atoms with E-state index in [1.807, 2.05) is 25.5 Å². The number of hydrogen-bond donors (Lipinski definition) is 2. The second-order valence-electron chi connectivity index (χ2n) is 6.64. The number of methoxy groups -OCH3 is 1. The number of esters is 1. The van der Waals surface area contributed by atoms with Crippen molar-refractivity contribution in [3.63, 3.8) is 0 Å². The quantitative estimate of drug-likeness (QED) is 0.720. The van der Waals surface area contributed by atoms with Gasteiger partial charge in [-0.1, -0.05) is 19.1 Å². The van der Waals surface area contributed by atoms with E-state index in [0.29, 0.717) is 18.5 Å². The molecule has 1 aliphatic rings. The zero-order chi connectivity index (χ0) is 18.4. The minimum Gasteiger partial charge on any atom is -0.469 e. The third kappa shape index (κ3) is 4.36. The molecular formula is C17H29N5O3. The molecule has 1 aromatic heterocycles. The van der Waals surface area contributed by atoms with Crippen LogP contribution in [0.15, 0.2) is 0 Å². The van der Waals surface area contributed by atoms with Crippen molar-refractivity contribution >= 4 is 11.9 Å². The predicted octanol–water partition coefficient (Wildman–Crippen LogP) is 1.36. The predicted molar refractivity (Wildman–Crippen MR) is 93.3 cm³/mol. The fraction of sp³-hybridized carbons (Fsp3) is 0.765. The average molecular weight is 351 g/mol. The maximum absolute atomic E-state index is 12.8. The number of hydrogen-bond acceptors (Lipinski definition) is 6. The molecule has 25 heavy (non-hydrogen) atoms. The van der Waals surface area contributed by atoms with Crippen LogP contribution in [0.5, 0.6) is 0 Å². The minimum absolute atomic E-state index is 0.143. The molecule has 1 aliphatic heterocycles. The van der Waals surface area contributed by atoms with E-state index >= 15 is 0 Å². The Bertz CT molecular complexity index is 603. The Kier molecular flexibility index (Phi) is 6.52. The SMILES string of the molecule is CCC(CC)(CC(=O)OC)NC(=O)c1nnn(C2CCNCC2)c1C. The Balaban J connectivity index is 2.16. The van der Waals surface area contributed by atoms with E-state index in [2.05, 4.69) is 20.9 Å². The van der Waals surface area contributed by atoms with E-state index in [-0.39, 0.29) is 24.3 Å². The van der Waals surface area contributed by atoms with Crippen molar-refractivity contribution in [2.45, 2.75) is 64.5 Å². The van der Waals surface area contributed by atoms with Crippen molar-refractivity contribution in [1.82, 2.24) is 25.6 Å². The number of piperidine rings is 1. The van der Waals surface area contributed by atoms with Crippen LogP contribution in [-0.2, 0) is 9.53 Å². The number of carbonyl (C=O) groups is 2. The number of rotatable bonds is 7. The summed E-state index contributed by atoms with van der Waals surface area (Å²) in [5.41, 5.74) is 0.466. The number of nitrogens with zero attached hydrogens (tertiary/aromatic N) is 3. The van der Waals surface area contributed by atoms with Crippen molar-refractivity contribution < 1.29 is 14.3 Å². The lowest BCUT2D eigenvalue weighted by Crippen LogP contribution is -2.49. The van der Waals surface area contributed by atoms with Crippen LogP contribution < -0.4 is 10.6 Å². The van der Waals surface area contributed by atoms with Gasteiger partial charge in [0.2, 0.25) is 0 Å². The van der Waals surface area contributed by atoms with Crippen LogP contribution in [0.1, 0.15) is 68.2 Å². The smallest absolute Gasteiger partial charge is 0.307 e. The molecule has 2 rings (SSSR count). The number of amides is 1. The Hall–Kier alpha value is -1.96. The maximum Gasteiger partial charge on any atom is 0.307 e. The molecule has 1 amide bonds. The normalized spacial score (nSPS) is 15.8. The van der Waals surface area contributed by atoms with Crippen LogP contribution in [0, 0.1) is 6.92 Å². The summed E-state index contributed by atoms with van der Waals surface area (Å²) in [7, 11) is 1.36. The molecule has 2 N–H and O–H groups in total. The van der Waals surface area contributed by atoms with Crippen LogP contribution in [0.4, 0.5) is 0 Å². The van der Waals surface area contributed by atoms with Gasteiger partial charge in [-0.25, -0.2) is 4.68 Å². The van der Waals surface area contributed by atoms with Crippen LogP contribution in [0.3, 0.4) is 0 Å². The Morgan fingerprint density at radius 2 is 1.96 bits per heavy atom. The molecule has 0 aromatic carbocycles. The van der Waals surface area contributed by atoms with E-state index in [1.165, 1.54) is 7.11 Å². The number of aromatic nitrogens is 3. The zero-order valence-corrected chi connectivity index (χ0v) is 15.6. The third-order valence-corrected chi connectivity index (χ3v) is 5.24. The molecule has 1 fully saturated rings. The van der Waals surface area contributed by atoms with E-state index < -0.39 is 5.54 Å². The molecule has 0 saturated carbocycles. The first-order valence-electron chi connectivity index (χ1n) is 8.98. The molecule has 0 atom stereocenters. The van der Waals surface area contributed by atoms with Crippen LogP contribution in [0.25, 0.3) is 0 Å². The molecule has 0 bridgehead atoms. The van der Waals surface area contributed by atoms with Gasteiger partial charge in [0.1, 0.15) is 0 Å². The summed E-state index contributed by atoms with van der Waals surface area (Å²) in [4.78, 5) is 24.5. The Labute approximate surface area is 148 Å². The second kappa shape index (κ2) is 8.42. The van der Waals surface area contributed by atoms with Gasteiger partial charge in [0.15, 0.2) is 5.69 Å². The highest BCUT2D eigenvalue weighted by Crippen LogP contribution is 2.23. The second-order valence-corrected chi connectivity index (χ2v) is 6.64. The molecule has 0 radical (unpaired) electrons. The van der Waals surface area contributed by atoms with Gasteiger partial charge < -0.3 is 15.4 Å². The van der Waals surface area contributed by atoms with E-state index in [9.17, 15) is 9.59 Å². The molecule has 0 unspecified atom stereocenters. The molecule has 1 saturated heterocycles. The lowest BCUT2D eigenvalue weighted by molar-refractivity contribution is -0.142. The molecular weight excluding hydrogens is 322 g/mol. The van der Waals surface area contributed by atoms with Gasteiger partial charge in [0, 0.05) is 0 Å². The van der Waals surface area contributed by atoms with Crippen molar-refractivity contribution in [3.05, 3.63) is 11.4 Å². The molecule has 8 heteroatoms. The van der Waals surface area contributed by atoms with E-state index in [0.717, 1.165) is 31.6 Å². The van der Waals surface area contributed by atoms with Gasteiger partial charge in [0.25, 0.3) is 5.91 Å². The monoisotopic (exact) mass is 351 g/mol. The highest BCUT2D eigenvalue weighted by molar-refractivity contribution is 5.94. The lowest BCUT2D eigenvalue weighted by atomic mass is 9.88. The molecule has 0 spiro atoms. The molecule has 2 heterocycles. The average Bonchev–Trinajstić information content (AvgIpc) is 3.03. The van der Waals surface area contributed by atoms with Gasteiger partial charge in [0.05, 0.1) is 30.8 Å². The highest BCUT2D eigenvalue weighted by Gasteiger charge is 2.33. The van der Waals surface area contributed by atoms with Gasteiger partial charge >= 0.3 is 5.97 Å². The Morgan fingerprint density at radius 3 is 2.52 bits per heavy atom. The summed E-state index contributed by atoms with van der Waals surface area (Å²) < 4.78 is 6.63. The first kappa shape index (κ1) is 19.4. The largest absolute Gasteiger partial charge is 0.469 e. The molecule has 140 valence electrons. The first-order valence-corrected chi connectivity index (χ1v) is 8.98. The molecule has 8 nitrogen and oxygen atoms in total. The minimum atomic E-state index is -0.630. The summed E-state index contributed by atoms with van der Waals surface area (Å²) in [6, 6.07) is 0.271. The standard InChI is InChI=1S/C17H29N5O3/c1-5-17(6-2,11-14(23)25-4)19-16(24)15-12(3)22(21-20-15)13-7-9-18-10-8-13/h13,18H,5-11H2,1-4H3,(H,19,24). The third-order valence-electron chi connectivity index (χ3n) is 5.24. The lowest BCUT2D eigenvalue weighted by Gasteiger charge is -2.31. The van der Waals surface area contributed by atoms with E-state index in [1.54, 1.807) is 0 Å². The number of carbonyl (C=O) groups excluding carboxylic acids is 2.